The number of anilines is 2. The van der Waals surface area contributed by atoms with Gasteiger partial charge in [0.15, 0.2) is 10.8 Å². The minimum absolute atomic E-state index is 0.187. The Labute approximate surface area is 183 Å². The van der Waals surface area contributed by atoms with Crippen molar-refractivity contribution in [2.75, 3.05) is 10.6 Å². The van der Waals surface area contributed by atoms with Gasteiger partial charge in [-0.25, -0.2) is 4.99 Å². The van der Waals surface area contributed by atoms with Crippen LogP contribution in [0.2, 0.25) is 0 Å². The van der Waals surface area contributed by atoms with E-state index < -0.39 is 17.9 Å². The lowest BCUT2D eigenvalue weighted by Gasteiger charge is -2.30. The lowest BCUT2D eigenvalue weighted by molar-refractivity contribution is -0.557. The number of nitrogens with one attached hydrogen (secondary N) is 2. The fraction of sp³-hybridized carbons (Fsp3) is 0.167. The Morgan fingerprint density at radius 3 is 2.53 bits per heavy atom. The Morgan fingerprint density at radius 2 is 1.69 bits per heavy atom. The van der Waals surface area contributed by atoms with E-state index in [2.05, 4.69) is 15.9 Å². The van der Waals surface area contributed by atoms with E-state index in [9.17, 15) is 9.90 Å². The number of fused-ring (bicyclic) bond motifs is 3. The van der Waals surface area contributed by atoms with Crippen LogP contribution in [0.5, 0.6) is 0 Å². The molecule has 3 atom stereocenters. The molecule has 0 bridgehead atoms. The zero-order valence-electron chi connectivity index (χ0n) is 16.9. The van der Waals surface area contributed by atoms with Crippen LogP contribution in [0, 0.1) is 0 Å². The standard InChI is InChI=1S/C24H19N5O3/c30-22-21(29(28-32-22)15-8-2-1-3-9-15)20-14-24(27-19-13-7-6-12-18(19)25-20)16-10-4-5-11-17(16)26-23(24)31/h1-13,21-22,27H,14H2,(H,26,31). The zero-order valence-corrected chi connectivity index (χ0v) is 16.9. The van der Waals surface area contributed by atoms with Crippen molar-refractivity contribution in [1.29, 1.82) is 0 Å². The Balaban J connectivity index is 1.53. The average Bonchev–Trinajstić information content (AvgIpc) is 3.26. The Bertz CT molecular complexity index is 1290. The summed E-state index contributed by atoms with van der Waals surface area (Å²) in [5.74, 6) is -0.187. The molecule has 3 unspecified atom stereocenters. The number of aliphatic imine (C=N–C) groups is 1. The number of nitrogens with zero attached hydrogens (tertiary/aromatic N) is 3. The van der Waals surface area contributed by atoms with Crippen LogP contribution in [-0.4, -0.2) is 28.6 Å². The highest BCUT2D eigenvalue weighted by Crippen LogP contribution is 2.45. The molecule has 0 radical (unpaired) electrons. The molecule has 6 rings (SSSR count). The maximum absolute atomic E-state index is 13.4. The highest BCUT2D eigenvalue weighted by atomic mass is 16.7. The van der Waals surface area contributed by atoms with Crippen LogP contribution >= 0.6 is 0 Å². The first-order valence-corrected chi connectivity index (χ1v) is 10.4. The van der Waals surface area contributed by atoms with Gasteiger partial charge in [0.25, 0.3) is 11.9 Å². The first-order chi connectivity index (χ1) is 15.7. The molecule has 0 saturated carbocycles. The number of benzene rings is 3. The predicted molar refractivity (Wildman–Crippen MR) is 116 cm³/mol. The maximum Gasteiger partial charge on any atom is 0.255 e. The fourth-order valence-corrected chi connectivity index (χ4v) is 4.61. The molecule has 158 valence electrons. The first-order valence-electron chi connectivity index (χ1n) is 10.4. The number of amides is 1. The van der Waals surface area contributed by atoms with Crippen LogP contribution in [0.15, 0.2) is 89.1 Å². The molecule has 0 saturated heterocycles. The van der Waals surface area contributed by atoms with Gasteiger partial charge in [0.2, 0.25) is 5.69 Å². The van der Waals surface area contributed by atoms with Gasteiger partial charge in [0, 0.05) is 29.8 Å². The lowest BCUT2D eigenvalue weighted by atomic mass is 9.84. The highest BCUT2D eigenvalue weighted by molar-refractivity contribution is 6.12. The van der Waals surface area contributed by atoms with Gasteiger partial charge < -0.3 is 20.6 Å². The van der Waals surface area contributed by atoms with Crippen molar-refractivity contribution in [2.45, 2.75) is 24.3 Å². The minimum Gasteiger partial charge on any atom is -0.814 e. The van der Waals surface area contributed by atoms with E-state index in [1.807, 2.05) is 78.9 Å². The fourth-order valence-electron chi connectivity index (χ4n) is 4.61. The zero-order chi connectivity index (χ0) is 21.7. The molecule has 1 amide bonds. The third-order valence-electron chi connectivity index (χ3n) is 6.11. The van der Waals surface area contributed by atoms with E-state index in [4.69, 9.17) is 9.83 Å². The molecule has 0 aliphatic carbocycles. The number of carbonyl (C=O) groups is 1. The largest absolute Gasteiger partial charge is 0.814 e. The van der Waals surface area contributed by atoms with Crippen LogP contribution in [-0.2, 0) is 15.2 Å². The summed E-state index contributed by atoms with van der Waals surface area (Å²) in [6, 6.07) is 23.6. The molecule has 0 aromatic heterocycles. The van der Waals surface area contributed by atoms with E-state index >= 15 is 0 Å². The normalized spacial score (nSPS) is 25.6. The van der Waals surface area contributed by atoms with Crippen LogP contribution < -0.4 is 15.7 Å². The van der Waals surface area contributed by atoms with E-state index in [1.165, 1.54) is 0 Å². The van der Waals surface area contributed by atoms with Crippen molar-refractivity contribution in [3.63, 3.8) is 0 Å². The van der Waals surface area contributed by atoms with Gasteiger partial charge in [-0.2, -0.15) is 0 Å². The monoisotopic (exact) mass is 425 g/mol. The molecule has 3 heterocycles. The van der Waals surface area contributed by atoms with Gasteiger partial charge in [-0.3, -0.25) is 4.79 Å². The van der Waals surface area contributed by atoms with Crippen LogP contribution in [0.4, 0.5) is 22.7 Å². The molecular formula is C24H19N5O3. The number of rotatable bonds is 2. The second kappa shape index (κ2) is 7.00. The van der Waals surface area contributed by atoms with Crippen molar-refractivity contribution in [3.05, 3.63) is 84.4 Å². The predicted octanol–water partition coefficient (Wildman–Crippen LogP) is 3.22. The molecular weight excluding hydrogens is 406 g/mol. The Morgan fingerprint density at radius 1 is 0.969 bits per heavy atom. The molecule has 0 fully saturated rings. The molecule has 8 nitrogen and oxygen atoms in total. The van der Waals surface area contributed by atoms with Crippen molar-refractivity contribution in [2.24, 2.45) is 10.3 Å². The molecule has 3 aliphatic rings. The lowest BCUT2D eigenvalue weighted by Crippen LogP contribution is -2.50. The third-order valence-corrected chi connectivity index (χ3v) is 6.11. The van der Waals surface area contributed by atoms with Crippen molar-refractivity contribution in [1.82, 2.24) is 0 Å². The summed E-state index contributed by atoms with van der Waals surface area (Å²) >= 11 is 0. The van der Waals surface area contributed by atoms with Gasteiger partial charge in [-0.15, -0.1) is 0 Å². The molecule has 3 aliphatic heterocycles. The molecule has 3 aromatic carbocycles. The molecule has 2 N–H and O–H groups in total. The maximum atomic E-state index is 13.4. The van der Waals surface area contributed by atoms with E-state index in [1.54, 1.807) is 4.70 Å². The van der Waals surface area contributed by atoms with Crippen molar-refractivity contribution < 1.29 is 19.4 Å². The number of hydrogen-bond acceptors (Lipinski definition) is 6. The van der Waals surface area contributed by atoms with Gasteiger partial charge in [0.05, 0.1) is 17.1 Å². The van der Waals surface area contributed by atoms with Crippen LogP contribution in [0.1, 0.15) is 12.0 Å². The topological polar surface area (TPSA) is 101 Å². The number of hydrogen-bond donors (Lipinski definition) is 2. The SMILES string of the molecule is O=C1Nc2ccccc2C12CC(C1C([O-])ON=[N+]1c1ccccc1)=Nc1ccccc1N2. The molecule has 3 aromatic rings. The van der Waals surface area contributed by atoms with Crippen LogP contribution in [0.3, 0.4) is 0 Å². The summed E-state index contributed by atoms with van der Waals surface area (Å²) in [5, 5.41) is 23.4. The van der Waals surface area contributed by atoms with Crippen LogP contribution in [0.25, 0.3) is 0 Å². The first kappa shape index (κ1) is 18.7. The Hall–Kier alpha value is -4.04. The average molecular weight is 425 g/mol. The summed E-state index contributed by atoms with van der Waals surface area (Å²) in [6.45, 7) is 0. The van der Waals surface area contributed by atoms with Crippen molar-refractivity contribution in [3.8, 4) is 0 Å². The Kier molecular flexibility index (Phi) is 4.09. The molecule has 32 heavy (non-hydrogen) atoms. The van der Waals surface area contributed by atoms with E-state index in [0.29, 0.717) is 11.4 Å². The number of carbonyl (C=O) groups excluding carboxylic acids is 1. The molecule has 8 heteroatoms. The highest BCUT2D eigenvalue weighted by Gasteiger charge is 2.52. The van der Waals surface area contributed by atoms with Gasteiger partial charge >= 0.3 is 0 Å². The summed E-state index contributed by atoms with van der Waals surface area (Å²) in [4.78, 5) is 23.4. The minimum atomic E-state index is -1.48. The summed E-state index contributed by atoms with van der Waals surface area (Å²) in [5.41, 5.74) is 3.08. The van der Waals surface area contributed by atoms with E-state index in [-0.39, 0.29) is 12.3 Å². The summed E-state index contributed by atoms with van der Waals surface area (Å²) < 4.78 is 1.55. The van der Waals surface area contributed by atoms with Gasteiger partial charge in [0.1, 0.15) is 6.29 Å². The quantitative estimate of drug-likeness (QED) is 0.616. The molecule has 1 spiro atoms. The second-order valence-corrected chi connectivity index (χ2v) is 8.01. The smallest absolute Gasteiger partial charge is 0.255 e. The summed E-state index contributed by atoms with van der Waals surface area (Å²) in [7, 11) is 0. The second-order valence-electron chi connectivity index (χ2n) is 8.01. The van der Waals surface area contributed by atoms with Gasteiger partial charge in [-0.1, -0.05) is 48.5 Å². The summed E-state index contributed by atoms with van der Waals surface area (Å²) in [6.07, 6.45) is -1.29. The third kappa shape index (κ3) is 2.73. The van der Waals surface area contributed by atoms with Crippen molar-refractivity contribution >= 4 is 34.4 Å². The van der Waals surface area contributed by atoms with E-state index in [0.717, 1.165) is 22.6 Å². The van der Waals surface area contributed by atoms with Gasteiger partial charge in [-0.05, 0) is 22.9 Å². The number of para-hydroxylation sites is 4.